The van der Waals surface area contributed by atoms with Crippen molar-refractivity contribution in [2.45, 2.75) is 68.7 Å². The highest BCUT2D eigenvalue weighted by atomic mass is 32.2. The molecule has 5 rings (SSSR count). The summed E-state index contributed by atoms with van der Waals surface area (Å²) in [5.41, 5.74) is 2.82. The van der Waals surface area contributed by atoms with E-state index in [4.69, 9.17) is 9.72 Å². The van der Waals surface area contributed by atoms with E-state index in [-0.39, 0.29) is 11.1 Å². The fraction of sp³-hybridized carbons (Fsp3) is 0.583. The molecule has 0 atom stereocenters. The molecular weight excluding hydrogens is 480 g/mol. The van der Waals surface area contributed by atoms with Crippen LogP contribution in [-0.4, -0.2) is 74.4 Å². The third kappa shape index (κ3) is 5.16. The van der Waals surface area contributed by atoms with Crippen LogP contribution in [0.25, 0.3) is 11.3 Å². The summed E-state index contributed by atoms with van der Waals surface area (Å²) < 4.78 is 36.4. The van der Waals surface area contributed by atoms with Crippen LogP contribution in [0.5, 0.6) is 0 Å². The second-order valence-electron chi connectivity index (χ2n) is 9.80. The van der Waals surface area contributed by atoms with Crippen LogP contribution in [-0.2, 0) is 21.8 Å². The Kier molecular flexibility index (Phi) is 7.09. The zero-order chi connectivity index (χ0) is 25.3. The highest BCUT2D eigenvalue weighted by Gasteiger charge is 2.31. The summed E-state index contributed by atoms with van der Waals surface area (Å²) in [5, 5.41) is 8.14. The number of imidazole rings is 1. The van der Waals surface area contributed by atoms with Crippen LogP contribution in [0.4, 0.5) is 5.95 Å². The molecule has 0 amide bonds. The summed E-state index contributed by atoms with van der Waals surface area (Å²) in [7, 11) is -0.0260. The van der Waals surface area contributed by atoms with E-state index < -0.39 is 10.0 Å². The fourth-order valence-corrected chi connectivity index (χ4v) is 6.52. The van der Waals surface area contributed by atoms with E-state index in [9.17, 15) is 8.42 Å². The van der Waals surface area contributed by atoms with Gasteiger partial charge in [-0.2, -0.15) is 9.40 Å². The van der Waals surface area contributed by atoms with Crippen molar-refractivity contribution < 1.29 is 13.2 Å². The molecule has 0 bridgehead atoms. The summed E-state index contributed by atoms with van der Waals surface area (Å²) in [6.07, 6.45) is 14.7. The quantitative estimate of drug-likeness (QED) is 0.511. The maximum atomic E-state index is 12.8. The van der Waals surface area contributed by atoms with Gasteiger partial charge in [0.05, 0.1) is 30.4 Å². The van der Waals surface area contributed by atoms with Crippen molar-refractivity contribution in [1.29, 1.82) is 0 Å². The molecule has 3 aromatic rings. The molecular formula is C24H34N8O3S. The van der Waals surface area contributed by atoms with Gasteiger partial charge in [-0.25, -0.2) is 23.4 Å². The maximum Gasteiger partial charge on any atom is 0.262 e. The largest absolute Gasteiger partial charge is 0.381 e. The van der Waals surface area contributed by atoms with Gasteiger partial charge in [0.25, 0.3) is 10.0 Å². The van der Waals surface area contributed by atoms with Crippen LogP contribution < -0.4 is 5.32 Å². The van der Waals surface area contributed by atoms with E-state index in [0.717, 1.165) is 42.5 Å². The number of sulfonamides is 1. The lowest BCUT2D eigenvalue weighted by molar-refractivity contribution is 0.0568. The van der Waals surface area contributed by atoms with Crippen LogP contribution in [0, 0.1) is 6.92 Å². The average molecular weight is 515 g/mol. The monoisotopic (exact) mass is 514 g/mol. The molecule has 0 unspecified atom stereocenters. The first kappa shape index (κ1) is 24.8. The Morgan fingerprint density at radius 2 is 1.78 bits per heavy atom. The standard InChI is InChI=1S/C24H34N8O3S/c1-17-12-25-24(28-19-8-10-31(11-9-19)36(33,34)22-15-30(2)16-26-22)29-23(17)18-13-27-32(14-18)20-4-6-21(35-3)7-5-20/h12-16,19-21H,4-11H2,1-3H3,(H,25,28,29). The smallest absolute Gasteiger partial charge is 0.262 e. The van der Waals surface area contributed by atoms with Crippen molar-refractivity contribution in [2.24, 2.45) is 7.05 Å². The van der Waals surface area contributed by atoms with Gasteiger partial charge in [0.2, 0.25) is 5.95 Å². The van der Waals surface area contributed by atoms with Gasteiger partial charge in [-0.3, -0.25) is 4.68 Å². The topological polar surface area (TPSA) is 120 Å². The first-order chi connectivity index (χ1) is 17.3. The van der Waals surface area contributed by atoms with Crippen molar-refractivity contribution in [1.82, 2.24) is 33.6 Å². The molecule has 12 heteroatoms. The Morgan fingerprint density at radius 3 is 2.44 bits per heavy atom. The highest BCUT2D eigenvalue weighted by molar-refractivity contribution is 7.89. The Morgan fingerprint density at radius 1 is 1.03 bits per heavy atom. The first-order valence-electron chi connectivity index (χ1n) is 12.5. The molecule has 1 aliphatic heterocycles. The van der Waals surface area contributed by atoms with Gasteiger partial charge in [0, 0.05) is 57.4 Å². The number of aryl methyl sites for hydroxylation is 2. The molecule has 1 aliphatic carbocycles. The first-order valence-corrected chi connectivity index (χ1v) is 13.9. The number of hydrogen-bond donors (Lipinski definition) is 1. The highest BCUT2D eigenvalue weighted by Crippen LogP contribution is 2.31. The maximum absolute atomic E-state index is 12.8. The molecule has 194 valence electrons. The Hall–Kier alpha value is -2.83. The van der Waals surface area contributed by atoms with Crippen molar-refractivity contribution in [3.8, 4) is 11.3 Å². The number of anilines is 1. The number of nitrogens with zero attached hydrogens (tertiary/aromatic N) is 7. The predicted octanol–water partition coefficient (Wildman–Crippen LogP) is 2.78. The lowest BCUT2D eigenvalue weighted by atomic mass is 9.93. The Balaban J connectivity index is 1.22. The zero-order valence-electron chi connectivity index (χ0n) is 21.0. The minimum absolute atomic E-state index is 0.0921. The van der Waals surface area contributed by atoms with Crippen molar-refractivity contribution in [2.75, 3.05) is 25.5 Å². The number of ether oxygens (including phenoxy) is 1. The second-order valence-corrected chi connectivity index (χ2v) is 11.7. The molecule has 4 heterocycles. The molecule has 11 nitrogen and oxygen atoms in total. The van der Waals surface area contributed by atoms with Gasteiger partial charge in [-0.1, -0.05) is 0 Å². The molecule has 0 aromatic carbocycles. The number of hydrogen-bond acceptors (Lipinski definition) is 8. The van der Waals surface area contributed by atoms with Gasteiger partial charge < -0.3 is 14.6 Å². The van der Waals surface area contributed by atoms with Crippen molar-refractivity contribution >= 4 is 16.0 Å². The summed E-state index contributed by atoms with van der Waals surface area (Å²) in [6.45, 7) is 2.85. The molecule has 0 spiro atoms. The molecule has 2 fully saturated rings. The molecule has 0 radical (unpaired) electrons. The average Bonchev–Trinajstić information content (AvgIpc) is 3.56. The zero-order valence-corrected chi connectivity index (χ0v) is 21.9. The fourth-order valence-electron chi connectivity index (χ4n) is 5.09. The lowest BCUT2D eigenvalue weighted by Crippen LogP contribution is -2.42. The van der Waals surface area contributed by atoms with Gasteiger partial charge in [-0.05, 0) is 51.0 Å². The number of piperidine rings is 1. The number of rotatable bonds is 7. The van der Waals surface area contributed by atoms with Crippen LogP contribution in [0.15, 0.2) is 36.1 Å². The Labute approximate surface area is 212 Å². The number of aromatic nitrogens is 6. The lowest BCUT2D eigenvalue weighted by Gasteiger charge is -2.31. The molecule has 36 heavy (non-hydrogen) atoms. The molecule has 1 N–H and O–H groups in total. The van der Waals surface area contributed by atoms with E-state index in [1.807, 2.05) is 19.3 Å². The van der Waals surface area contributed by atoms with Crippen LogP contribution in [0.1, 0.15) is 50.1 Å². The van der Waals surface area contributed by atoms with Gasteiger partial charge >= 0.3 is 0 Å². The predicted molar refractivity (Wildman–Crippen MR) is 135 cm³/mol. The van der Waals surface area contributed by atoms with E-state index in [1.165, 1.54) is 16.8 Å². The van der Waals surface area contributed by atoms with Gasteiger partial charge in [-0.15, -0.1) is 0 Å². The van der Waals surface area contributed by atoms with Crippen LogP contribution >= 0.6 is 0 Å². The van der Waals surface area contributed by atoms with Crippen molar-refractivity contribution in [3.63, 3.8) is 0 Å². The molecule has 2 aliphatic rings. The van der Waals surface area contributed by atoms with E-state index in [1.54, 1.807) is 18.7 Å². The molecule has 1 saturated heterocycles. The van der Waals surface area contributed by atoms with Crippen LogP contribution in [0.2, 0.25) is 0 Å². The summed E-state index contributed by atoms with van der Waals surface area (Å²) in [5.74, 6) is 0.551. The van der Waals surface area contributed by atoms with Crippen molar-refractivity contribution in [3.05, 3.63) is 36.7 Å². The number of methoxy groups -OCH3 is 1. The summed E-state index contributed by atoms with van der Waals surface area (Å²) >= 11 is 0. The van der Waals surface area contributed by atoms with E-state index in [2.05, 4.69) is 31.3 Å². The third-order valence-electron chi connectivity index (χ3n) is 7.27. The second kappa shape index (κ2) is 10.3. The SMILES string of the molecule is COC1CCC(n2cc(-c3nc(NC4CCN(S(=O)(=O)c5cn(C)cn5)CC4)ncc3C)cn2)CC1. The minimum Gasteiger partial charge on any atom is -0.381 e. The van der Waals surface area contributed by atoms with Gasteiger partial charge in [0.1, 0.15) is 0 Å². The number of nitrogens with one attached hydrogen (secondary N) is 1. The normalized spacial score (nSPS) is 22.1. The molecule has 1 saturated carbocycles. The third-order valence-corrected chi connectivity index (χ3v) is 9.05. The minimum atomic E-state index is -3.57. The molecule has 3 aromatic heterocycles. The van der Waals surface area contributed by atoms with Gasteiger partial charge in [0.15, 0.2) is 5.03 Å². The van der Waals surface area contributed by atoms with E-state index in [0.29, 0.717) is 44.0 Å². The summed E-state index contributed by atoms with van der Waals surface area (Å²) in [6, 6.07) is 0.479. The van der Waals surface area contributed by atoms with Crippen LogP contribution in [0.3, 0.4) is 0 Å². The summed E-state index contributed by atoms with van der Waals surface area (Å²) in [4.78, 5) is 13.3. The van der Waals surface area contributed by atoms with E-state index >= 15 is 0 Å². The Bertz CT molecular complexity index is 1290.